The highest BCUT2D eigenvalue weighted by Gasteiger charge is 2.31. The number of nitrogens with one attached hydrogen (secondary N) is 1. The molecule has 0 bridgehead atoms. The van der Waals surface area contributed by atoms with Crippen molar-refractivity contribution in [2.45, 2.75) is 25.4 Å². The van der Waals surface area contributed by atoms with Crippen LogP contribution in [-0.4, -0.2) is 38.0 Å². The highest BCUT2D eigenvalue weighted by atomic mass is 16.5. The second-order valence-corrected chi connectivity index (χ2v) is 3.76. The fourth-order valence-corrected chi connectivity index (χ4v) is 1.85. The third-order valence-corrected chi connectivity index (χ3v) is 2.76. The maximum atomic E-state index is 5.46. The molecule has 1 N–H and O–H groups in total. The first-order chi connectivity index (χ1) is 7.84. The molecule has 1 aliphatic heterocycles. The minimum atomic E-state index is 0.128. The third-order valence-electron chi connectivity index (χ3n) is 2.76. The Kier molecular flexibility index (Phi) is 2.17. The van der Waals surface area contributed by atoms with Gasteiger partial charge in [-0.05, 0) is 13.3 Å². The van der Waals surface area contributed by atoms with E-state index in [1.807, 2.05) is 6.92 Å². The van der Waals surface area contributed by atoms with Crippen LogP contribution in [0.2, 0.25) is 0 Å². The molecule has 0 radical (unpaired) electrons. The smallest absolute Gasteiger partial charge is 0.239 e. The Morgan fingerprint density at radius 1 is 1.50 bits per heavy atom. The van der Waals surface area contributed by atoms with E-state index in [-0.39, 0.29) is 12.0 Å². The van der Waals surface area contributed by atoms with Gasteiger partial charge >= 0.3 is 0 Å². The Balaban J connectivity index is 1.88. The number of nitrogens with zero attached hydrogens (tertiary/aromatic N) is 4. The lowest BCUT2D eigenvalue weighted by atomic mass is 10.0. The molecule has 84 valence electrons. The Labute approximate surface area is 91.2 Å². The van der Waals surface area contributed by atoms with Crippen LogP contribution in [0.15, 0.2) is 10.9 Å². The minimum Gasteiger partial charge on any atom is -0.378 e. The number of aromatic nitrogens is 5. The lowest BCUT2D eigenvalue weighted by Crippen LogP contribution is -2.09. The molecular formula is C9H11N5O2. The molecule has 1 aliphatic rings. The van der Waals surface area contributed by atoms with Crippen molar-refractivity contribution < 1.29 is 9.26 Å². The molecule has 3 rings (SSSR count). The molecule has 7 heteroatoms. The van der Waals surface area contributed by atoms with Crippen LogP contribution in [0.4, 0.5) is 0 Å². The summed E-state index contributed by atoms with van der Waals surface area (Å²) in [4.78, 5) is 8.26. The van der Waals surface area contributed by atoms with E-state index >= 15 is 0 Å². The van der Waals surface area contributed by atoms with Crippen molar-refractivity contribution in [1.29, 1.82) is 0 Å². The van der Waals surface area contributed by atoms with Crippen LogP contribution < -0.4 is 0 Å². The van der Waals surface area contributed by atoms with Crippen LogP contribution in [0, 0.1) is 0 Å². The van der Waals surface area contributed by atoms with Crippen LogP contribution in [0.3, 0.4) is 0 Å². The Bertz CT molecular complexity index is 466. The number of hydrogen-bond acceptors (Lipinski definition) is 6. The first kappa shape index (κ1) is 9.46. The number of ether oxygens (including phenoxy) is 1. The molecule has 0 aliphatic carbocycles. The predicted molar refractivity (Wildman–Crippen MR) is 52.4 cm³/mol. The molecule has 1 fully saturated rings. The number of aromatic amines is 1. The zero-order valence-corrected chi connectivity index (χ0v) is 8.75. The van der Waals surface area contributed by atoms with E-state index in [9.17, 15) is 0 Å². The molecular weight excluding hydrogens is 210 g/mol. The van der Waals surface area contributed by atoms with Gasteiger partial charge in [0.2, 0.25) is 11.7 Å². The van der Waals surface area contributed by atoms with Crippen molar-refractivity contribution in [3.8, 4) is 11.6 Å². The van der Waals surface area contributed by atoms with E-state index in [1.54, 1.807) is 0 Å². The fourth-order valence-electron chi connectivity index (χ4n) is 1.85. The van der Waals surface area contributed by atoms with Gasteiger partial charge in [-0.15, -0.1) is 0 Å². The number of hydrogen-bond donors (Lipinski definition) is 1. The van der Waals surface area contributed by atoms with Crippen LogP contribution in [0.1, 0.15) is 25.2 Å². The largest absolute Gasteiger partial charge is 0.378 e. The van der Waals surface area contributed by atoms with E-state index in [2.05, 4.69) is 25.3 Å². The molecule has 2 aromatic rings. The van der Waals surface area contributed by atoms with Gasteiger partial charge in [0.1, 0.15) is 6.33 Å². The van der Waals surface area contributed by atoms with E-state index < -0.39 is 0 Å². The van der Waals surface area contributed by atoms with Gasteiger partial charge in [-0.2, -0.15) is 10.1 Å². The molecule has 3 heterocycles. The fraction of sp³-hybridized carbons (Fsp3) is 0.556. The average Bonchev–Trinajstić information content (AvgIpc) is 2.96. The third kappa shape index (κ3) is 1.49. The van der Waals surface area contributed by atoms with Crippen molar-refractivity contribution in [2.24, 2.45) is 0 Å². The Hall–Kier alpha value is -1.76. The van der Waals surface area contributed by atoms with Gasteiger partial charge in [-0.25, -0.2) is 4.98 Å². The molecule has 0 amide bonds. The molecule has 7 nitrogen and oxygen atoms in total. The SMILES string of the molecule is CC1OCCC1c1nc(-c2ncn[nH]2)no1. The molecule has 2 aromatic heterocycles. The molecule has 16 heavy (non-hydrogen) atoms. The normalized spacial score (nSPS) is 25.1. The van der Waals surface area contributed by atoms with Gasteiger partial charge in [0.05, 0.1) is 12.0 Å². The summed E-state index contributed by atoms with van der Waals surface area (Å²) < 4.78 is 10.7. The maximum Gasteiger partial charge on any atom is 0.239 e. The van der Waals surface area contributed by atoms with Gasteiger partial charge in [-0.3, -0.25) is 5.10 Å². The Morgan fingerprint density at radius 2 is 2.44 bits per heavy atom. The monoisotopic (exact) mass is 221 g/mol. The highest BCUT2D eigenvalue weighted by Crippen LogP contribution is 2.30. The summed E-state index contributed by atoms with van der Waals surface area (Å²) in [5.74, 6) is 1.74. The molecule has 0 aromatic carbocycles. The zero-order valence-electron chi connectivity index (χ0n) is 8.75. The first-order valence-corrected chi connectivity index (χ1v) is 5.15. The molecule has 2 unspecified atom stereocenters. The lowest BCUT2D eigenvalue weighted by Gasteiger charge is -2.07. The summed E-state index contributed by atoms with van der Waals surface area (Å²) in [6.07, 6.45) is 2.45. The van der Waals surface area contributed by atoms with E-state index in [1.165, 1.54) is 6.33 Å². The summed E-state index contributed by atoms with van der Waals surface area (Å²) in [5, 5.41) is 10.3. The summed E-state index contributed by atoms with van der Waals surface area (Å²) >= 11 is 0. The van der Waals surface area contributed by atoms with Crippen LogP contribution >= 0.6 is 0 Å². The van der Waals surface area contributed by atoms with E-state index in [0.717, 1.165) is 13.0 Å². The van der Waals surface area contributed by atoms with Gasteiger partial charge in [0.15, 0.2) is 5.82 Å². The van der Waals surface area contributed by atoms with Crippen LogP contribution in [0.5, 0.6) is 0 Å². The Morgan fingerprint density at radius 3 is 3.12 bits per heavy atom. The zero-order chi connectivity index (χ0) is 11.0. The van der Waals surface area contributed by atoms with Gasteiger partial charge < -0.3 is 9.26 Å². The summed E-state index contributed by atoms with van der Waals surface area (Å²) in [5.41, 5.74) is 0. The molecule has 2 atom stereocenters. The van der Waals surface area contributed by atoms with E-state index in [0.29, 0.717) is 17.5 Å². The topological polar surface area (TPSA) is 89.7 Å². The van der Waals surface area contributed by atoms with Gasteiger partial charge in [0.25, 0.3) is 0 Å². The lowest BCUT2D eigenvalue weighted by molar-refractivity contribution is 0.113. The molecule has 0 saturated carbocycles. The average molecular weight is 221 g/mol. The van der Waals surface area contributed by atoms with Crippen molar-refractivity contribution in [1.82, 2.24) is 25.3 Å². The predicted octanol–water partition coefficient (Wildman–Crippen LogP) is 0.747. The first-order valence-electron chi connectivity index (χ1n) is 5.15. The van der Waals surface area contributed by atoms with Crippen LogP contribution in [-0.2, 0) is 4.74 Å². The molecule has 1 saturated heterocycles. The van der Waals surface area contributed by atoms with E-state index in [4.69, 9.17) is 9.26 Å². The van der Waals surface area contributed by atoms with Gasteiger partial charge in [0, 0.05) is 6.61 Å². The van der Waals surface area contributed by atoms with Gasteiger partial charge in [-0.1, -0.05) is 5.16 Å². The summed E-state index contributed by atoms with van der Waals surface area (Å²) in [6, 6.07) is 0. The van der Waals surface area contributed by atoms with Crippen molar-refractivity contribution in [3.63, 3.8) is 0 Å². The second-order valence-electron chi connectivity index (χ2n) is 3.76. The second kappa shape index (κ2) is 3.67. The molecule has 0 spiro atoms. The summed E-state index contributed by atoms with van der Waals surface area (Å²) in [7, 11) is 0. The number of H-pyrrole nitrogens is 1. The quantitative estimate of drug-likeness (QED) is 0.804. The van der Waals surface area contributed by atoms with Crippen molar-refractivity contribution in [2.75, 3.05) is 6.61 Å². The highest BCUT2D eigenvalue weighted by molar-refractivity contribution is 5.39. The number of rotatable bonds is 2. The van der Waals surface area contributed by atoms with Crippen molar-refractivity contribution >= 4 is 0 Å². The minimum absolute atomic E-state index is 0.128. The van der Waals surface area contributed by atoms with Crippen LogP contribution in [0.25, 0.3) is 11.6 Å². The van der Waals surface area contributed by atoms with Crippen molar-refractivity contribution in [3.05, 3.63) is 12.2 Å². The summed E-state index contributed by atoms with van der Waals surface area (Å²) in [6.45, 7) is 2.75. The maximum absolute atomic E-state index is 5.46. The standard InChI is InChI=1S/C9H11N5O2/c1-5-6(2-3-15-5)9-12-8(14-16-9)7-10-4-11-13-7/h4-6H,2-3H2,1H3,(H,10,11,13).